The van der Waals surface area contributed by atoms with Crippen molar-refractivity contribution in [3.05, 3.63) is 82.0 Å². The smallest absolute Gasteiger partial charge is 0.145 e. The number of aryl methyl sites for hydroxylation is 6. The number of nitrogens with zero attached hydrogens (tertiary/aromatic N) is 2. The Morgan fingerprint density at radius 3 is 1.94 bits per heavy atom. The van der Waals surface area contributed by atoms with Crippen LogP contribution in [0.15, 0.2) is 48.5 Å². The molecule has 0 atom stereocenters. The molecule has 0 aliphatic heterocycles. The first kappa shape index (κ1) is 23.6. The second kappa shape index (κ2) is 9.49. The third-order valence-corrected chi connectivity index (χ3v) is 7.58. The molecule has 180 valence electrons. The van der Waals surface area contributed by atoms with Gasteiger partial charge in [0.25, 0.3) is 0 Å². The van der Waals surface area contributed by atoms with Gasteiger partial charge < -0.3 is 0 Å². The van der Waals surface area contributed by atoms with Crippen molar-refractivity contribution in [3.8, 4) is 11.3 Å². The Hall–Kier alpha value is -3.13. The topological polar surface area (TPSA) is 17.3 Å². The fourth-order valence-electron chi connectivity index (χ4n) is 5.98. The highest BCUT2D eigenvalue weighted by Crippen LogP contribution is 2.38. The Morgan fingerprint density at radius 1 is 0.714 bits per heavy atom. The first-order valence-electron chi connectivity index (χ1n) is 13.4. The van der Waals surface area contributed by atoms with Crippen molar-refractivity contribution in [2.24, 2.45) is 0 Å². The van der Waals surface area contributed by atoms with Crippen molar-refractivity contribution in [1.29, 1.82) is 0 Å². The molecule has 5 aromatic rings. The van der Waals surface area contributed by atoms with Crippen LogP contribution in [0.25, 0.3) is 38.6 Å². The molecule has 0 saturated heterocycles. The highest BCUT2D eigenvalue weighted by atomic mass is 15.0. The number of unbranched alkanes of at least 4 members (excludes halogenated alkanes) is 2. The molecule has 0 saturated carbocycles. The maximum absolute atomic E-state index is 5.20. The Morgan fingerprint density at radius 2 is 1.31 bits per heavy atom. The van der Waals surface area contributed by atoms with Gasteiger partial charge in [-0.15, -0.1) is 0 Å². The maximum atomic E-state index is 5.20. The first-order chi connectivity index (χ1) is 16.9. The van der Waals surface area contributed by atoms with E-state index in [0.29, 0.717) is 0 Å². The van der Waals surface area contributed by atoms with E-state index in [1.165, 1.54) is 86.4 Å². The SMILES string of the molecule is CCCCc1cc2c3ccccc3c3nc(C)c(-c4c(C)cc(C)cc4C)n3c2cc1CCCC. The molecule has 0 unspecified atom stereocenters. The number of hydrogen-bond donors (Lipinski definition) is 0. The lowest BCUT2D eigenvalue weighted by molar-refractivity contribution is 0.759. The van der Waals surface area contributed by atoms with Crippen molar-refractivity contribution in [1.82, 2.24) is 9.38 Å². The van der Waals surface area contributed by atoms with E-state index in [4.69, 9.17) is 4.98 Å². The third kappa shape index (κ3) is 4.03. The van der Waals surface area contributed by atoms with E-state index in [2.05, 4.69) is 94.5 Å². The molecule has 2 heterocycles. The standard InChI is InChI=1S/C33H38N2/c1-7-9-13-25-19-29-27-15-11-12-16-28(27)33-34-24(6)32(31-22(4)17-21(3)18-23(31)5)35(33)30(29)20-26(25)14-10-8-2/h11-12,15-20H,7-10,13-14H2,1-6H3. The number of imidazole rings is 1. The van der Waals surface area contributed by atoms with E-state index in [1.54, 1.807) is 0 Å². The summed E-state index contributed by atoms with van der Waals surface area (Å²) in [5.41, 5.74) is 13.0. The Labute approximate surface area is 210 Å². The van der Waals surface area contributed by atoms with Crippen molar-refractivity contribution in [2.75, 3.05) is 0 Å². The van der Waals surface area contributed by atoms with Gasteiger partial charge in [-0.25, -0.2) is 4.98 Å². The zero-order valence-corrected chi connectivity index (χ0v) is 22.3. The summed E-state index contributed by atoms with van der Waals surface area (Å²) >= 11 is 0. The zero-order chi connectivity index (χ0) is 24.7. The highest BCUT2D eigenvalue weighted by Gasteiger charge is 2.21. The minimum absolute atomic E-state index is 1.07. The van der Waals surface area contributed by atoms with Gasteiger partial charge in [-0.2, -0.15) is 0 Å². The Balaban J connectivity index is 1.95. The van der Waals surface area contributed by atoms with Crippen molar-refractivity contribution >= 4 is 27.3 Å². The van der Waals surface area contributed by atoms with E-state index in [9.17, 15) is 0 Å². The van der Waals surface area contributed by atoms with Crippen molar-refractivity contribution in [2.45, 2.75) is 80.1 Å². The van der Waals surface area contributed by atoms with E-state index >= 15 is 0 Å². The molecule has 5 rings (SSSR count). The fraction of sp³-hybridized carbons (Fsp3) is 0.364. The predicted octanol–water partition coefficient (Wildman–Crippen LogP) is 9.23. The fourth-order valence-corrected chi connectivity index (χ4v) is 5.98. The summed E-state index contributed by atoms with van der Waals surface area (Å²) in [6.45, 7) is 13.4. The normalized spacial score (nSPS) is 11.8. The molecule has 0 bridgehead atoms. The summed E-state index contributed by atoms with van der Waals surface area (Å²) in [5, 5.41) is 3.89. The summed E-state index contributed by atoms with van der Waals surface area (Å²) in [6.07, 6.45) is 7.21. The third-order valence-electron chi connectivity index (χ3n) is 7.58. The number of pyridine rings is 1. The average Bonchev–Trinajstić information content (AvgIpc) is 3.17. The van der Waals surface area contributed by atoms with Crippen LogP contribution in [-0.4, -0.2) is 9.38 Å². The molecular formula is C33H38N2. The number of rotatable bonds is 7. The lowest BCUT2D eigenvalue weighted by atomic mass is 9.93. The van der Waals surface area contributed by atoms with Gasteiger partial charge in [-0.05, 0) is 93.2 Å². The molecule has 3 aromatic carbocycles. The largest absolute Gasteiger partial charge is 0.291 e. The van der Waals surface area contributed by atoms with Gasteiger partial charge in [-0.1, -0.05) is 68.7 Å². The maximum Gasteiger partial charge on any atom is 0.145 e. The van der Waals surface area contributed by atoms with Crippen LogP contribution in [0.5, 0.6) is 0 Å². The van der Waals surface area contributed by atoms with Crippen LogP contribution in [-0.2, 0) is 12.8 Å². The van der Waals surface area contributed by atoms with Crippen LogP contribution in [0.2, 0.25) is 0 Å². The molecule has 2 heteroatoms. The minimum atomic E-state index is 1.07. The van der Waals surface area contributed by atoms with E-state index in [-0.39, 0.29) is 0 Å². The highest BCUT2D eigenvalue weighted by molar-refractivity contribution is 6.13. The summed E-state index contributed by atoms with van der Waals surface area (Å²) in [5.74, 6) is 0. The molecular weight excluding hydrogens is 424 g/mol. The zero-order valence-electron chi connectivity index (χ0n) is 22.3. The predicted molar refractivity (Wildman–Crippen MR) is 152 cm³/mol. The quantitative estimate of drug-likeness (QED) is 0.220. The molecule has 0 aliphatic rings. The molecule has 2 nitrogen and oxygen atoms in total. The molecule has 0 N–H and O–H groups in total. The summed E-state index contributed by atoms with van der Waals surface area (Å²) in [4.78, 5) is 5.20. The molecule has 0 spiro atoms. The van der Waals surface area contributed by atoms with Gasteiger partial charge >= 0.3 is 0 Å². The molecule has 0 radical (unpaired) electrons. The Bertz CT molecular complexity index is 1530. The number of hydrogen-bond acceptors (Lipinski definition) is 1. The van der Waals surface area contributed by atoms with Crippen molar-refractivity contribution in [3.63, 3.8) is 0 Å². The van der Waals surface area contributed by atoms with Gasteiger partial charge in [0.2, 0.25) is 0 Å². The van der Waals surface area contributed by atoms with Gasteiger partial charge in [0, 0.05) is 16.3 Å². The lowest BCUT2D eigenvalue weighted by Gasteiger charge is -2.18. The van der Waals surface area contributed by atoms with E-state index in [1.807, 2.05) is 0 Å². The van der Waals surface area contributed by atoms with Crippen LogP contribution in [0, 0.1) is 27.7 Å². The minimum Gasteiger partial charge on any atom is -0.291 e. The summed E-state index contributed by atoms with van der Waals surface area (Å²) in [6, 6.07) is 18.4. The molecule has 0 aliphatic carbocycles. The van der Waals surface area contributed by atoms with Gasteiger partial charge in [0.05, 0.1) is 16.9 Å². The number of aromatic nitrogens is 2. The molecule has 0 fully saturated rings. The second-order valence-electron chi connectivity index (χ2n) is 10.4. The molecule has 35 heavy (non-hydrogen) atoms. The first-order valence-corrected chi connectivity index (χ1v) is 13.4. The monoisotopic (exact) mass is 462 g/mol. The van der Waals surface area contributed by atoms with Crippen LogP contribution in [0.4, 0.5) is 0 Å². The van der Waals surface area contributed by atoms with E-state index < -0.39 is 0 Å². The van der Waals surface area contributed by atoms with Gasteiger partial charge in [-0.3, -0.25) is 4.40 Å². The lowest BCUT2D eigenvalue weighted by Crippen LogP contribution is -2.01. The molecule has 0 amide bonds. The van der Waals surface area contributed by atoms with Crippen LogP contribution in [0.1, 0.15) is 73.0 Å². The van der Waals surface area contributed by atoms with Gasteiger partial charge in [0.15, 0.2) is 0 Å². The van der Waals surface area contributed by atoms with Crippen molar-refractivity contribution < 1.29 is 0 Å². The van der Waals surface area contributed by atoms with Crippen LogP contribution < -0.4 is 0 Å². The second-order valence-corrected chi connectivity index (χ2v) is 10.4. The summed E-state index contributed by atoms with van der Waals surface area (Å²) in [7, 11) is 0. The molecule has 2 aromatic heterocycles. The number of benzene rings is 3. The van der Waals surface area contributed by atoms with Crippen LogP contribution in [0.3, 0.4) is 0 Å². The average molecular weight is 463 g/mol. The summed E-state index contributed by atoms with van der Waals surface area (Å²) < 4.78 is 2.47. The number of fused-ring (bicyclic) bond motifs is 6. The van der Waals surface area contributed by atoms with Crippen LogP contribution >= 0.6 is 0 Å². The Kier molecular flexibility index (Phi) is 6.40. The van der Waals surface area contributed by atoms with Gasteiger partial charge in [0.1, 0.15) is 5.65 Å². The van der Waals surface area contributed by atoms with E-state index in [0.717, 1.165) is 24.2 Å².